The molecule has 0 aliphatic heterocycles. The molecule has 1 N–H and O–H groups in total. The number of rotatable bonds is 5. The minimum atomic E-state index is -0.231. The molecule has 2 aromatic rings. The van der Waals surface area contributed by atoms with Crippen molar-refractivity contribution in [1.29, 1.82) is 0 Å². The molecule has 0 spiro atoms. The topological polar surface area (TPSA) is 42.0 Å². The third kappa shape index (κ3) is 4.35. The monoisotopic (exact) mass is 290 g/mol. The Morgan fingerprint density at radius 2 is 2.20 bits per heavy atom. The van der Waals surface area contributed by atoms with Gasteiger partial charge in [0.2, 0.25) is 5.91 Å². The third-order valence-electron chi connectivity index (χ3n) is 2.70. The molecule has 2 rings (SSSR count). The molecule has 0 radical (unpaired) electrons. The number of aryl methyl sites for hydroxylation is 1. The Kier molecular flexibility index (Phi) is 5.12. The second-order valence-corrected chi connectivity index (χ2v) is 5.31. The molecule has 0 atom stereocenters. The Bertz CT molecular complexity index is 590. The first-order valence-electron chi connectivity index (χ1n) is 6.21. The van der Waals surface area contributed by atoms with E-state index < -0.39 is 0 Å². The number of hydrogen-bond acceptors (Lipinski definition) is 3. The molecule has 0 saturated heterocycles. The summed E-state index contributed by atoms with van der Waals surface area (Å²) in [6.07, 6.45) is 1.70. The second-order valence-electron chi connectivity index (χ2n) is 4.32. The number of amides is 1. The molecule has 0 bridgehead atoms. The van der Waals surface area contributed by atoms with E-state index in [0.29, 0.717) is 17.9 Å². The summed E-state index contributed by atoms with van der Waals surface area (Å²) >= 11 is 1.39. The molecule has 1 amide bonds. The average molecular weight is 290 g/mol. The fraction of sp³-hybridized carbons (Fsp3) is 0.200. The van der Waals surface area contributed by atoms with Crippen LogP contribution in [0.2, 0.25) is 0 Å². The highest BCUT2D eigenvalue weighted by Gasteiger charge is 2.04. The van der Waals surface area contributed by atoms with Crippen LogP contribution in [0.4, 0.5) is 4.39 Å². The third-order valence-corrected chi connectivity index (χ3v) is 3.64. The molecule has 0 unspecified atom stereocenters. The van der Waals surface area contributed by atoms with Crippen LogP contribution in [0.5, 0.6) is 0 Å². The Labute approximate surface area is 121 Å². The SMILES string of the molecule is Cc1cc(CNC(=O)CSc2ccccn2)ccc1F. The standard InChI is InChI=1S/C15H15FN2OS/c1-11-8-12(5-6-13(11)16)9-18-14(19)10-20-15-4-2-3-7-17-15/h2-8H,9-10H2,1H3,(H,18,19). The molecule has 20 heavy (non-hydrogen) atoms. The van der Waals surface area contributed by atoms with E-state index in [4.69, 9.17) is 0 Å². The summed E-state index contributed by atoms with van der Waals surface area (Å²) < 4.78 is 13.1. The summed E-state index contributed by atoms with van der Waals surface area (Å²) in [5.41, 5.74) is 1.47. The lowest BCUT2D eigenvalue weighted by Gasteiger charge is -2.06. The van der Waals surface area contributed by atoms with Crippen LogP contribution in [0.25, 0.3) is 0 Å². The molecule has 1 heterocycles. The average Bonchev–Trinajstić information content (AvgIpc) is 2.47. The lowest BCUT2D eigenvalue weighted by molar-refractivity contribution is -0.118. The molecule has 0 aliphatic rings. The highest BCUT2D eigenvalue weighted by molar-refractivity contribution is 7.99. The van der Waals surface area contributed by atoms with Crippen LogP contribution in [0.1, 0.15) is 11.1 Å². The summed E-state index contributed by atoms with van der Waals surface area (Å²) in [4.78, 5) is 15.8. The largest absolute Gasteiger partial charge is 0.351 e. The summed E-state index contributed by atoms with van der Waals surface area (Å²) in [5.74, 6) is 0.0189. The summed E-state index contributed by atoms with van der Waals surface area (Å²) in [6, 6.07) is 10.4. The van der Waals surface area contributed by atoms with Gasteiger partial charge < -0.3 is 5.32 Å². The van der Waals surface area contributed by atoms with Crippen molar-refractivity contribution in [3.63, 3.8) is 0 Å². The zero-order valence-electron chi connectivity index (χ0n) is 11.1. The predicted molar refractivity (Wildman–Crippen MR) is 77.9 cm³/mol. The Hall–Kier alpha value is -1.88. The molecule has 0 fully saturated rings. The number of nitrogens with zero attached hydrogens (tertiary/aromatic N) is 1. The van der Waals surface area contributed by atoms with Crippen LogP contribution < -0.4 is 5.32 Å². The molecule has 104 valence electrons. The molecule has 0 aliphatic carbocycles. The first-order chi connectivity index (χ1) is 9.65. The van der Waals surface area contributed by atoms with Crippen LogP contribution in [-0.4, -0.2) is 16.6 Å². The van der Waals surface area contributed by atoms with Crippen molar-refractivity contribution in [3.05, 3.63) is 59.5 Å². The van der Waals surface area contributed by atoms with E-state index in [1.54, 1.807) is 25.3 Å². The zero-order valence-corrected chi connectivity index (χ0v) is 11.9. The fourth-order valence-corrected chi connectivity index (χ4v) is 2.33. The molecular weight excluding hydrogens is 275 g/mol. The van der Waals surface area contributed by atoms with E-state index in [9.17, 15) is 9.18 Å². The van der Waals surface area contributed by atoms with Crippen molar-refractivity contribution in [1.82, 2.24) is 10.3 Å². The lowest BCUT2D eigenvalue weighted by Crippen LogP contribution is -2.24. The Balaban J connectivity index is 1.79. The number of hydrogen-bond donors (Lipinski definition) is 1. The van der Waals surface area contributed by atoms with Gasteiger partial charge in [-0.2, -0.15) is 0 Å². The minimum Gasteiger partial charge on any atom is -0.351 e. The first-order valence-corrected chi connectivity index (χ1v) is 7.19. The van der Waals surface area contributed by atoms with E-state index in [2.05, 4.69) is 10.3 Å². The summed E-state index contributed by atoms with van der Waals surface area (Å²) in [7, 11) is 0. The molecule has 1 aromatic heterocycles. The number of aromatic nitrogens is 1. The molecular formula is C15H15FN2OS. The molecule has 1 aromatic carbocycles. The maximum absolute atomic E-state index is 13.1. The van der Waals surface area contributed by atoms with Gasteiger partial charge in [-0.3, -0.25) is 4.79 Å². The number of carbonyl (C=O) groups is 1. The van der Waals surface area contributed by atoms with Gasteiger partial charge in [0.25, 0.3) is 0 Å². The lowest BCUT2D eigenvalue weighted by atomic mass is 10.1. The van der Waals surface area contributed by atoms with Crippen LogP contribution in [0.15, 0.2) is 47.6 Å². The van der Waals surface area contributed by atoms with Gasteiger partial charge in [-0.25, -0.2) is 9.37 Å². The van der Waals surface area contributed by atoms with Gasteiger partial charge in [0.1, 0.15) is 5.82 Å². The smallest absolute Gasteiger partial charge is 0.230 e. The second kappa shape index (κ2) is 7.05. The highest BCUT2D eigenvalue weighted by atomic mass is 32.2. The Morgan fingerprint density at radius 3 is 2.90 bits per heavy atom. The van der Waals surface area contributed by atoms with Crippen LogP contribution in [0, 0.1) is 12.7 Å². The van der Waals surface area contributed by atoms with Gasteiger partial charge >= 0.3 is 0 Å². The van der Waals surface area contributed by atoms with Gasteiger partial charge in [-0.1, -0.05) is 30.0 Å². The zero-order chi connectivity index (χ0) is 14.4. The van der Waals surface area contributed by atoms with E-state index in [-0.39, 0.29) is 11.7 Å². The molecule has 5 heteroatoms. The van der Waals surface area contributed by atoms with Crippen molar-refractivity contribution in [3.8, 4) is 0 Å². The Morgan fingerprint density at radius 1 is 1.35 bits per heavy atom. The number of nitrogens with one attached hydrogen (secondary N) is 1. The fourth-order valence-electron chi connectivity index (χ4n) is 1.64. The van der Waals surface area contributed by atoms with Crippen molar-refractivity contribution in [2.45, 2.75) is 18.5 Å². The number of carbonyl (C=O) groups excluding carboxylic acids is 1. The molecule has 0 saturated carbocycles. The highest BCUT2D eigenvalue weighted by Crippen LogP contribution is 2.13. The maximum Gasteiger partial charge on any atom is 0.230 e. The quantitative estimate of drug-likeness (QED) is 0.861. The van der Waals surface area contributed by atoms with E-state index in [0.717, 1.165) is 10.6 Å². The van der Waals surface area contributed by atoms with Gasteiger partial charge in [0.15, 0.2) is 0 Å². The van der Waals surface area contributed by atoms with Crippen LogP contribution in [0.3, 0.4) is 0 Å². The normalized spacial score (nSPS) is 10.3. The van der Waals surface area contributed by atoms with Gasteiger partial charge in [-0.15, -0.1) is 0 Å². The number of thioether (sulfide) groups is 1. The van der Waals surface area contributed by atoms with E-state index in [1.807, 2.05) is 18.2 Å². The first kappa shape index (κ1) is 14.5. The van der Waals surface area contributed by atoms with Crippen molar-refractivity contribution >= 4 is 17.7 Å². The van der Waals surface area contributed by atoms with Crippen molar-refractivity contribution in [2.24, 2.45) is 0 Å². The van der Waals surface area contributed by atoms with Crippen LogP contribution >= 0.6 is 11.8 Å². The van der Waals surface area contributed by atoms with Crippen molar-refractivity contribution < 1.29 is 9.18 Å². The van der Waals surface area contributed by atoms with Gasteiger partial charge in [0.05, 0.1) is 10.8 Å². The minimum absolute atomic E-state index is 0.0670. The van der Waals surface area contributed by atoms with E-state index >= 15 is 0 Å². The van der Waals surface area contributed by atoms with E-state index in [1.165, 1.54) is 17.8 Å². The van der Waals surface area contributed by atoms with Crippen LogP contribution in [-0.2, 0) is 11.3 Å². The summed E-state index contributed by atoms with van der Waals surface area (Å²) in [5, 5.41) is 3.63. The number of halogens is 1. The van der Waals surface area contributed by atoms with Crippen molar-refractivity contribution in [2.75, 3.05) is 5.75 Å². The maximum atomic E-state index is 13.1. The van der Waals surface area contributed by atoms with Gasteiger partial charge in [-0.05, 0) is 36.2 Å². The van der Waals surface area contributed by atoms with Gasteiger partial charge in [0, 0.05) is 12.7 Å². The molecule has 3 nitrogen and oxygen atoms in total. The number of pyridine rings is 1. The summed E-state index contributed by atoms with van der Waals surface area (Å²) in [6.45, 7) is 2.11. The predicted octanol–water partition coefficient (Wildman–Crippen LogP) is 2.94. The number of benzene rings is 1.